The molecule has 0 saturated carbocycles. The van der Waals surface area contributed by atoms with E-state index in [1.54, 1.807) is 18.5 Å². The van der Waals surface area contributed by atoms with E-state index in [1.807, 2.05) is 6.92 Å². The van der Waals surface area contributed by atoms with E-state index in [0.717, 1.165) is 17.2 Å². The molecule has 1 aromatic carbocycles. The lowest BCUT2D eigenvalue weighted by molar-refractivity contribution is 0.0696. The van der Waals surface area contributed by atoms with Gasteiger partial charge in [-0.3, -0.25) is 4.98 Å². The molecule has 1 aromatic heterocycles. The van der Waals surface area contributed by atoms with Crippen LogP contribution >= 0.6 is 0 Å². The molecule has 0 atom stereocenters. The molecule has 0 unspecified atom stereocenters. The molecule has 2 aromatic rings. The van der Waals surface area contributed by atoms with Gasteiger partial charge in [-0.15, -0.1) is 0 Å². The van der Waals surface area contributed by atoms with Crippen LogP contribution < -0.4 is 4.72 Å². The Labute approximate surface area is 122 Å². The quantitative estimate of drug-likeness (QED) is 0.874. The molecule has 21 heavy (non-hydrogen) atoms. The number of benzene rings is 1. The van der Waals surface area contributed by atoms with Crippen LogP contribution in [-0.2, 0) is 16.6 Å². The summed E-state index contributed by atoms with van der Waals surface area (Å²) in [6.45, 7) is 1.95. The van der Waals surface area contributed by atoms with Crippen molar-refractivity contribution in [2.75, 3.05) is 0 Å². The molecule has 2 N–H and O–H groups in total. The predicted octanol–water partition coefficient (Wildman–Crippen LogP) is 1.57. The standard InChI is InChI=1S/C14H14N2O4S/c1-10-5-6-15-8-12(10)9-16-21(19,20)13-4-2-3-11(7-13)14(17)18/h2-8,16H,9H2,1H3,(H,17,18). The summed E-state index contributed by atoms with van der Waals surface area (Å²) in [5.74, 6) is -1.17. The molecule has 1 heterocycles. The lowest BCUT2D eigenvalue weighted by atomic mass is 10.2. The second-order valence-electron chi connectivity index (χ2n) is 4.46. The maximum Gasteiger partial charge on any atom is 0.335 e. The van der Waals surface area contributed by atoms with Gasteiger partial charge >= 0.3 is 5.97 Å². The van der Waals surface area contributed by atoms with Gasteiger partial charge in [-0.25, -0.2) is 17.9 Å². The summed E-state index contributed by atoms with van der Waals surface area (Å²) in [7, 11) is -3.77. The maximum atomic E-state index is 12.2. The highest BCUT2D eigenvalue weighted by Gasteiger charge is 2.16. The van der Waals surface area contributed by atoms with E-state index < -0.39 is 16.0 Å². The molecule has 6 nitrogen and oxygen atoms in total. The van der Waals surface area contributed by atoms with Crippen LogP contribution in [0, 0.1) is 6.92 Å². The fourth-order valence-corrected chi connectivity index (χ4v) is 2.79. The molecule has 0 saturated heterocycles. The molecular weight excluding hydrogens is 292 g/mol. The van der Waals surface area contributed by atoms with Gasteiger partial charge in [-0.2, -0.15) is 0 Å². The van der Waals surface area contributed by atoms with Gasteiger partial charge in [0.25, 0.3) is 0 Å². The van der Waals surface area contributed by atoms with Gasteiger partial charge in [0.05, 0.1) is 10.5 Å². The number of rotatable bonds is 5. The Kier molecular flexibility index (Phi) is 4.35. The lowest BCUT2D eigenvalue weighted by Crippen LogP contribution is -2.24. The van der Waals surface area contributed by atoms with Crippen molar-refractivity contribution >= 4 is 16.0 Å². The van der Waals surface area contributed by atoms with Crippen molar-refractivity contribution in [3.05, 3.63) is 59.4 Å². The lowest BCUT2D eigenvalue weighted by Gasteiger charge is -2.09. The van der Waals surface area contributed by atoms with E-state index in [-0.39, 0.29) is 17.0 Å². The van der Waals surface area contributed by atoms with E-state index >= 15 is 0 Å². The van der Waals surface area contributed by atoms with Crippen molar-refractivity contribution in [3.8, 4) is 0 Å². The van der Waals surface area contributed by atoms with Gasteiger partial charge in [-0.1, -0.05) is 6.07 Å². The highest BCUT2D eigenvalue weighted by atomic mass is 32.2. The van der Waals surface area contributed by atoms with Crippen LogP contribution in [0.1, 0.15) is 21.5 Å². The predicted molar refractivity (Wildman–Crippen MR) is 76.4 cm³/mol. The van der Waals surface area contributed by atoms with Crippen molar-refractivity contribution in [3.63, 3.8) is 0 Å². The Morgan fingerprint density at radius 1 is 1.33 bits per heavy atom. The number of carboxylic acid groups (broad SMARTS) is 1. The van der Waals surface area contributed by atoms with Crippen molar-refractivity contribution in [1.29, 1.82) is 0 Å². The van der Waals surface area contributed by atoms with Crippen LogP contribution in [0.25, 0.3) is 0 Å². The highest BCUT2D eigenvalue weighted by Crippen LogP contribution is 2.13. The van der Waals surface area contributed by atoms with Gasteiger partial charge < -0.3 is 5.11 Å². The fraction of sp³-hybridized carbons (Fsp3) is 0.143. The number of pyridine rings is 1. The van der Waals surface area contributed by atoms with Crippen molar-refractivity contribution < 1.29 is 18.3 Å². The average Bonchev–Trinajstić information content (AvgIpc) is 2.46. The molecular formula is C14H14N2O4S. The van der Waals surface area contributed by atoms with Gasteiger partial charge in [0.1, 0.15) is 0 Å². The van der Waals surface area contributed by atoms with Gasteiger partial charge in [0.2, 0.25) is 10.0 Å². The summed E-state index contributed by atoms with van der Waals surface area (Å²) in [6, 6.07) is 7.00. The molecule has 0 spiro atoms. The van der Waals surface area contributed by atoms with E-state index in [9.17, 15) is 13.2 Å². The number of nitrogens with zero attached hydrogens (tertiary/aromatic N) is 1. The molecule has 0 radical (unpaired) electrons. The van der Waals surface area contributed by atoms with Gasteiger partial charge in [0.15, 0.2) is 0 Å². The molecule has 110 valence electrons. The summed E-state index contributed by atoms with van der Waals surface area (Å²) in [5.41, 5.74) is 1.61. The number of nitrogens with one attached hydrogen (secondary N) is 1. The monoisotopic (exact) mass is 306 g/mol. The van der Waals surface area contributed by atoms with Crippen LogP contribution in [0.3, 0.4) is 0 Å². The van der Waals surface area contributed by atoms with Crippen molar-refractivity contribution in [1.82, 2.24) is 9.71 Å². The first-order valence-corrected chi connectivity index (χ1v) is 7.61. The van der Waals surface area contributed by atoms with Crippen LogP contribution in [0.5, 0.6) is 0 Å². The molecule has 0 aliphatic carbocycles. The molecule has 2 rings (SSSR count). The highest BCUT2D eigenvalue weighted by molar-refractivity contribution is 7.89. The fourth-order valence-electron chi connectivity index (χ4n) is 1.73. The maximum absolute atomic E-state index is 12.2. The smallest absolute Gasteiger partial charge is 0.335 e. The minimum absolute atomic E-state index is 0.0737. The second kappa shape index (κ2) is 6.02. The van der Waals surface area contributed by atoms with Gasteiger partial charge in [0, 0.05) is 18.9 Å². The number of aryl methyl sites for hydroxylation is 1. The van der Waals surface area contributed by atoms with E-state index in [1.165, 1.54) is 18.2 Å². The third-order valence-electron chi connectivity index (χ3n) is 2.99. The number of carboxylic acids is 1. The number of aromatic carboxylic acids is 1. The first-order valence-electron chi connectivity index (χ1n) is 6.12. The summed E-state index contributed by atoms with van der Waals surface area (Å²) < 4.78 is 26.8. The zero-order chi connectivity index (χ0) is 15.5. The zero-order valence-electron chi connectivity index (χ0n) is 11.3. The third-order valence-corrected chi connectivity index (χ3v) is 4.39. The number of hydrogen-bond donors (Lipinski definition) is 2. The van der Waals surface area contributed by atoms with Crippen LogP contribution in [-0.4, -0.2) is 24.5 Å². The number of aromatic nitrogens is 1. The first-order chi connectivity index (χ1) is 9.90. The van der Waals surface area contributed by atoms with Crippen molar-refractivity contribution in [2.24, 2.45) is 0 Å². The Bertz CT molecular complexity index is 772. The Morgan fingerprint density at radius 3 is 2.76 bits per heavy atom. The zero-order valence-corrected chi connectivity index (χ0v) is 12.1. The largest absolute Gasteiger partial charge is 0.478 e. The molecule has 0 bridgehead atoms. The molecule has 0 amide bonds. The van der Waals surface area contributed by atoms with E-state index in [4.69, 9.17) is 5.11 Å². The SMILES string of the molecule is Cc1ccncc1CNS(=O)(=O)c1cccc(C(=O)O)c1. The Hall–Kier alpha value is -2.25. The summed E-state index contributed by atoms with van der Waals surface area (Å²) >= 11 is 0. The first kappa shape index (κ1) is 15.1. The van der Waals surface area contributed by atoms with Crippen LogP contribution in [0.4, 0.5) is 0 Å². The van der Waals surface area contributed by atoms with Crippen LogP contribution in [0.15, 0.2) is 47.6 Å². The Morgan fingerprint density at radius 2 is 2.10 bits per heavy atom. The molecule has 0 aliphatic rings. The second-order valence-corrected chi connectivity index (χ2v) is 6.23. The molecule has 0 fully saturated rings. The minimum Gasteiger partial charge on any atom is -0.478 e. The topological polar surface area (TPSA) is 96.4 Å². The molecule has 7 heteroatoms. The van der Waals surface area contributed by atoms with E-state index in [0.29, 0.717) is 0 Å². The summed E-state index contributed by atoms with van der Waals surface area (Å²) in [6.07, 6.45) is 3.22. The van der Waals surface area contributed by atoms with Crippen LogP contribution in [0.2, 0.25) is 0 Å². The van der Waals surface area contributed by atoms with Gasteiger partial charge in [-0.05, 0) is 42.3 Å². The van der Waals surface area contributed by atoms with Crippen molar-refractivity contribution in [2.45, 2.75) is 18.4 Å². The molecule has 0 aliphatic heterocycles. The number of sulfonamides is 1. The summed E-state index contributed by atoms with van der Waals surface area (Å²) in [5, 5.41) is 8.90. The average molecular weight is 306 g/mol. The Balaban J connectivity index is 2.21. The number of hydrogen-bond acceptors (Lipinski definition) is 4. The summed E-state index contributed by atoms with van der Waals surface area (Å²) in [4.78, 5) is 14.7. The normalized spacial score (nSPS) is 11.3. The number of carbonyl (C=O) groups is 1. The third kappa shape index (κ3) is 3.65. The van der Waals surface area contributed by atoms with E-state index in [2.05, 4.69) is 9.71 Å². The minimum atomic E-state index is -3.77.